The Kier molecular flexibility index (Phi) is 5.30. The van der Waals surface area contributed by atoms with E-state index in [2.05, 4.69) is 22.0 Å². The minimum absolute atomic E-state index is 0.181. The van der Waals surface area contributed by atoms with Crippen LogP contribution in [-0.2, 0) is 4.79 Å². The Morgan fingerprint density at radius 2 is 1.81 bits per heavy atom. The molecule has 0 saturated carbocycles. The Balaban J connectivity index is 1.96. The van der Waals surface area contributed by atoms with Crippen molar-refractivity contribution in [2.45, 2.75) is 26.8 Å². The Morgan fingerprint density at radius 1 is 1.12 bits per heavy atom. The van der Waals surface area contributed by atoms with E-state index in [1.54, 1.807) is 6.07 Å². The van der Waals surface area contributed by atoms with Crippen molar-refractivity contribution in [3.05, 3.63) is 75.4 Å². The van der Waals surface area contributed by atoms with Crippen molar-refractivity contribution in [3.8, 4) is 0 Å². The van der Waals surface area contributed by atoms with Gasteiger partial charge in [0.1, 0.15) is 0 Å². The molecule has 134 valence electrons. The van der Waals surface area contributed by atoms with Crippen LogP contribution in [0, 0.1) is 13.8 Å². The first-order chi connectivity index (χ1) is 12.3. The van der Waals surface area contributed by atoms with E-state index >= 15 is 0 Å². The van der Waals surface area contributed by atoms with Crippen molar-refractivity contribution in [2.24, 2.45) is 0 Å². The SMILES string of the molecule is CC1=C(C(=O)Nc2cc(C)cc(C)c2)C(c2cccc(Cl)c2)NC(=S)N1. The van der Waals surface area contributed by atoms with Gasteiger partial charge in [-0.25, -0.2) is 0 Å². The number of aryl methyl sites for hydroxylation is 2. The Labute approximate surface area is 163 Å². The number of allylic oxidation sites excluding steroid dienone is 1. The van der Waals surface area contributed by atoms with Gasteiger partial charge in [0.25, 0.3) is 5.91 Å². The maximum absolute atomic E-state index is 13.1. The fourth-order valence-corrected chi connectivity index (χ4v) is 3.65. The largest absolute Gasteiger partial charge is 0.351 e. The number of benzene rings is 2. The summed E-state index contributed by atoms with van der Waals surface area (Å²) in [6.07, 6.45) is 0. The highest BCUT2D eigenvalue weighted by molar-refractivity contribution is 7.80. The molecule has 1 atom stereocenters. The predicted molar refractivity (Wildman–Crippen MR) is 110 cm³/mol. The molecule has 0 aromatic heterocycles. The fraction of sp³-hybridized carbons (Fsp3) is 0.200. The molecule has 3 rings (SSSR count). The van der Waals surface area contributed by atoms with Crippen molar-refractivity contribution in [1.29, 1.82) is 0 Å². The van der Waals surface area contributed by atoms with Gasteiger partial charge in [0.05, 0.1) is 11.6 Å². The van der Waals surface area contributed by atoms with Gasteiger partial charge >= 0.3 is 0 Å². The maximum Gasteiger partial charge on any atom is 0.255 e. The fourth-order valence-electron chi connectivity index (χ4n) is 3.18. The number of hydrogen-bond donors (Lipinski definition) is 3. The zero-order chi connectivity index (χ0) is 18.8. The molecule has 6 heteroatoms. The van der Waals surface area contributed by atoms with Gasteiger partial charge in [0.15, 0.2) is 5.11 Å². The van der Waals surface area contributed by atoms with Crippen molar-refractivity contribution in [2.75, 3.05) is 5.32 Å². The summed E-state index contributed by atoms with van der Waals surface area (Å²) < 4.78 is 0. The van der Waals surface area contributed by atoms with Crippen molar-refractivity contribution in [3.63, 3.8) is 0 Å². The lowest BCUT2D eigenvalue weighted by Crippen LogP contribution is -2.45. The smallest absolute Gasteiger partial charge is 0.255 e. The summed E-state index contributed by atoms with van der Waals surface area (Å²) >= 11 is 11.4. The third kappa shape index (κ3) is 4.06. The molecule has 1 aliphatic rings. The van der Waals surface area contributed by atoms with E-state index in [1.165, 1.54) is 0 Å². The normalized spacial score (nSPS) is 16.8. The lowest BCUT2D eigenvalue weighted by Gasteiger charge is -2.30. The summed E-state index contributed by atoms with van der Waals surface area (Å²) in [5, 5.41) is 10.3. The number of rotatable bonds is 3. The average molecular weight is 386 g/mol. The van der Waals surface area contributed by atoms with Gasteiger partial charge < -0.3 is 16.0 Å². The summed E-state index contributed by atoms with van der Waals surface area (Å²) in [5.41, 5.74) is 5.15. The van der Waals surface area contributed by atoms with Crippen LogP contribution in [0.2, 0.25) is 5.02 Å². The molecule has 1 aliphatic heterocycles. The number of nitrogens with one attached hydrogen (secondary N) is 3. The number of halogens is 1. The van der Waals surface area contributed by atoms with Crippen LogP contribution in [0.15, 0.2) is 53.7 Å². The monoisotopic (exact) mass is 385 g/mol. The molecular weight excluding hydrogens is 366 g/mol. The first-order valence-electron chi connectivity index (χ1n) is 8.27. The molecule has 2 aromatic carbocycles. The van der Waals surface area contributed by atoms with E-state index in [1.807, 2.05) is 51.1 Å². The number of hydrogen-bond acceptors (Lipinski definition) is 2. The molecule has 0 spiro atoms. The highest BCUT2D eigenvalue weighted by Crippen LogP contribution is 2.29. The molecule has 3 N–H and O–H groups in total. The maximum atomic E-state index is 13.1. The first kappa shape index (κ1) is 18.4. The Hall–Kier alpha value is -2.37. The number of carbonyl (C=O) groups is 1. The van der Waals surface area contributed by atoms with Gasteiger partial charge in [-0.15, -0.1) is 0 Å². The molecule has 0 aliphatic carbocycles. The first-order valence-corrected chi connectivity index (χ1v) is 9.05. The van der Waals surface area contributed by atoms with Gasteiger partial charge in [-0.1, -0.05) is 29.8 Å². The number of thiocarbonyl (C=S) groups is 1. The van der Waals surface area contributed by atoms with Gasteiger partial charge in [-0.3, -0.25) is 4.79 Å². The van der Waals surface area contributed by atoms with Crippen LogP contribution >= 0.6 is 23.8 Å². The molecule has 26 heavy (non-hydrogen) atoms. The summed E-state index contributed by atoms with van der Waals surface area (Å²) in [6, 6.07) is 13.0. The van der Waals surface area contributed by atoms with E-state index in [0.717, 1.165) is 28.1 Å². The number of anilines is 1. The highest BCUT2D eigenvalue weighted by Gasteiger charge is 2.30. The summed E-state index contributed by atoms with van der Waals surface area (Å²) in [4.78, 5) is 13.1. The van der Waals surface area contributed by atoms with Crippen LogP contribution in [0.4, 0.5) is 5.69 Å². The molecule has 0 fully saturated rings. The molecule has 0 saturated heterocycles. The average Bonchev–Trinajstić information content (AvgIpc) is 2.52. The standard InChI is InChI=1S/C20H20ClN3OS/c1-11-7-12(2)9-16(8-11)23-19(25)17-13(3)22-20(26)24-18(17)14-5-4-6-15(21)10-14/h4-10,18H,1-3H3,(H,23,25)(H2,22,24,26). The van der Waals surface area contributed by atoms with Gasteiger partial charge in [-0.05, 0) is 73.9 Å². The van der Waals surface area contributed by atoms with Crippen LogP contribution in [0.1, 0.15) is 29.7 Å². The van der Waals surface area contributed by atoms with Crippen molar-refractivity contribution < 1.29 is 4.79 Å². The zero-order valence-corrected chi connectivity index (χ0v) is 16.4. The lowest BCUT2D eigenvalue weighted by molar-refractivity contribution is -0.113. The molecule has 1 heterocycles. The summed E-state index contributed by atoms with van der Waals surface area (Å²) in [5.74, 6) is -0.181. The second-order valence-corrected chi connectivity index (χ2v) is 7.30. The third-order valence-corrected chi connectivity index (χ3v) is 4.63. The Morgan fingerprint density at radius 3 is 2.46 bits per heavy atom. The molecule has 1 amide bonds. The lowest BCUT2D eigenvalue weighted by atomic mass is 9.95. The molecule has 1 unspecified atom stereocenters. The number of amides is 1. The predicted octanol–water partition coefficient (Wildman–Crippen LogP) is 4.39. The van der Waals surface area contributed by atoms with Gasteiger partial charge in [-0.2, -0.15) is 0 Å². The van der Waals surface area contributed by atoms with Gasteiger partial charge in [0, 0.05) is 16.4 Å². The Bertz CT molecular complexity index is 903. The van der Waals surface area contributed by atoms with Crippen molar-refractivity contribution in [1.82, 2.24) is 10.6 Å². The molecule has 4 nitrogen and oxygen atoms in total. The van der Waals surface area contributed by atoms with Gasteiger partial charge in [0.2, 0.25) is 0 Å². The van der Waals surface area contributed by atoms with Crippen molar-refractivity contribution >= 4 is 40.5 Å². The van der Waals surface area contributed by atoms with E-state index in [4.69, 9.17) is 23.8 Å². The van der Waals surface area contributed by atoms with E-state index in [-0.39, 0.29) is 11.9 Å². The minimum Gasteiger partial charge on any atom is -0.351 e. The second kappa shape index (κ2) is 7.48. The van der Waals surface area contributed by atoms with E-state index < -0.39 is 0 Å². The zero-order valence-electron chi connectivity index (χ0n) is 14.8. The second-order valence-electron chi connectivity index (χ2n) is 6.46. The van der Waals surface area contributed by atoms with E-state index in [0.29, 0.717) is 15.7 Å². The quantitative estimate of drug-likeness (QED) is 0.686. The molecular formula is C20H20ClN3OS. The number of carbonyl (C=O) groups excluding carboxylic acids is 1. The molecule has 0 bridgehead atoms. The van der Waals surface area contributed by atoms with Crippen LogP contribution in [0.25, 0.3) is 0 Å². The summed E-state index contributed by atoms with van der Waals surface area (Å²) in [6.45, 7) is 5.86. The molecule has 0 radical (unpaired) electrons. The summed E-state index contributed by atoms with van der Waals surface area (Å²) in [7, 11) is 0. The van der Waals surface area contributed by atoms with Crippen LogP contribution < -0.4 is 16.0 Å². The van der Waals surface area contributed by atoms with Crippen LogP contribution in [0.3, 0.4) is 0 Å². The molecule has 2 aromatic rings. The minimum atomic E-state index is -0.367. The van der Waals surface area contributed by atoms with Crippen LogP contribution in [-0.4, -0.2) is 11.0 Å². The third-order valence-electron chi connectivity index (χ3n) is 4.18. The van der Waals surface area contributed by atoms with Crippen LogP contribution in [0.5, 0.6) is 0 Å². The van der Waals surface area contributed by atoms with E-state index in [9.17, 15) is 4.79 Å². The topological polar surface area (TPSA) is 53.2 Å². The highest BCUT2D eigenvalue weighted by atomic mass is 35.5.